The molecule has 1 spiro atoms. The van der Waals surface area contributed by atoms with E-state index in [1.165, 1.54) is 44.5 Å². The van der Waals surface area contributed by atoms with Crippen LogP contribution in [0.25, 0.3) is 44.5 Å². The smallest absolute Gasteiger partial charge is 0.132 e. The maximum Gasteiger partial charge on any atom is 0.132 e. The van der Waals surface area contributed by atoms with Gasteiger partial charge in [-0.2, -0.15) is 0 Å². The zero-order chi connectivity index (χ0) is 41.5. The number of nitrogens with zero attached hydrogens (tertiary/aromatic N) is 1. The molecule has 0 amide bonds. The first-order chi connectivity index (χ1) is 30.6. The third-order valence-corrected chi connectivity index (χ3v) is 12.5. The fourth-order valence-corrected chi connectivity index (χ4v) is 9.48. The van der Waals surface area contributed by atoms with Crippen LogP contribution in [0.4, 0.5) is 0 Å². The standard InChI is InChI=1S/C58H43N3O/c59-56(61-57(43-19-8-3-9-20-43)60-38-39-27-29-42(30-28-39)40-15-4-1-5-16-40)47-22-14-21-44(35-47)46-32-34-49-48-33-31-45(41-17-6-2-7-18-41)36-52(48)58(53(49)37-46)50-23-10-12-25-54(50)62-55-26-13-11-24-51(55)58/h1-38,56-57,61H,59H2. The van der Waals surface area contributed by atoms with Crippen molar-refractivity contribution in [1.29, 1.82) is 0 Å². The second-order valence-corrected chi connectivity index (χ2v) is 16.1. The van der Waals surface area contributed by atoms with Crippen LogP contribution in [0, 0.1) is 0 Å². The lowest BCUT2D eigenvalue weighted by atomic mass is 9.65. The van der Waals surface area contributed by atoms with E-state index in [9.17, 15) is 0 Å². The van der Waals surface area contributed by atoms with E-state index in [0.717, 1.165) is 50.4 Å². The molecule has 0 saturated heterocycles. The average molecular weight is 798 g/mol. The quantitative estimate of drug-likeness (QED) is 0.113. The Bertz CT molecular complexity index is 3040. The molecule has 9 aromatic rings. The van der Waals surface area contributed by atoms with Crippen molar-refractivity contribution in [2.45, 2.75) is 17.7 Å². The van der Waals surface area contributed by atoms with Gasteiger partial charge in [0.25, 0.3) is 0 Å². The van der Waals surface area contributed by atoms with Crippen molar-refractivity contribution >= 4 is 6.21 Å². The van der Waals surface area contributed by atoms with Crippen molar-refractivity contribution in [3.63, 3.8) is 0 Å². The van der Waals surface area contributed by atoms with Gasteiger partial charge in [-0.15, -0.1) is 0 Å². The first-order valence-corrected chi connectivity index (χ1v) is 21.2. The minimum absolute atomic E-state index is 0.364. The summed E-state index contributed by atoms with van der Waals surface area (Å²) in [6.45, 7) is 0. The molecule has 4 heteroatoms. The van der Waals surface area contributed by atoms with Gasteiger partial charge in [0, 0.05) is 17.3 Å². The van der Waals surface area contributed by atoms with Crippen LogP contribution < -0.4 is 15.8 Å². The summed E-state index contributed by atoms with van der Waals surface area (Å²) in [5.74, 6) is 1.75. The minimum Gasteiger partial charge on any atom is -0.457 e. The van der Waals surface area contributed by atoms with E-state index in [1.54, 1.807) is 0 Å². The number of para-hydroxylation sites is 2. The van der Waals surface area contributed by atoms with Crippen LogP contribution in [0.3, 0.4) is 0 Å². The van der Waals surface area contributed by atoms with Gasteiger partial charge in [-0.25, -0.2) is 0 Å². The average Bonchev–Trinajstić information content (AvgIpc) is 3.63. The zero-order valence-corrected chi connectivity index (χ0v) is 34.0. The Balaban J connectivity index is 0.964. The number of benzene rings is 9. The molecule has 1 aliphatic heterocycles. The van der Waals surface area contributed by atoms with Crippen LogP contribution in [-0.4, -0.2) is 6.21 Å². The van der Waals surface area contributed by atoms with Gasteiger partial charge >= 0.3 is 0 Å². The SMILES string of the molecule is NC(NC(N=Cc1ccc(-c2ccccc2)cc1)c1ccccc1)c1cccc(-c2ccc3c(c2)C2(c4ccccc4Oc4ccccc42)c2cc(-c4ccccc4)ccc2-3)c1. The van der Waals surface area contributed by atoms with Gasteiger partial charge in [0.1, 0.15) is 17.7 Å². The third-order valence-electron chi connectivity index (χ3n) is 12.5. The second kappa shape index (κ2) is 15.8. The Hall–Kier alpha value is -7.63. The summed E-state index contributed by atoms with van der Waals surface area (Å²) in [6, 6.07) is 79.4. The lowest BCUT2D eigenvalue weighted by molar-refractivity contribution is 0.436. The molecule has 1 heterocycles. The van der Waals surface area contributed by atoms with Gasteiger partial charge in [0.2, 0.25) is 0 Å². The van der Waals surface area contributed by atoms with Crippen molar-refractivity contribution in [2.24, 2.45) is 10.7 Å². The van der Waals surface area contributed by atoms with Crippen molar-refractivity contribution in [3.05, 3.63) is 263 Å². The molecule has 0 fully saturated rings. The maximum absolute atomic E-state index is 7.06. The van der Waals surface area contributed by atoms with Crippen LogP contribution in [0.2, 0.25) is 0 Å². The van der Waals surface area contributed by atoms with Crippen LogP contribution >= 0.6 is 0 Å². The Morgan fingerprint density at radius 3 is 1.48 bits per heavy atom. The van der Waals surface area contributed by atoms with Gasteiger partial charge in [0.05, 0.1) is 11.6 Å². The van der Waals surface area contributed by atoms with Gasteiger partial charge in [-0.3, -0.25) is 10.3 Å². The Morgan fingerprint density at radius 1 is 0.419 bits per heavy atom. The third kappa shape index (κ3) is 6.54. The number of fused-ring (bicyclic) bond motifs is 9. The molecule has 0 bridgehead atoms. The Kier molecular flexibility index (Phi) is 9.50. The zero-order valence-electron chi connectivity index (χ0n) is 34.0. The van der Waals surface area contributed by atoms with Crippen LogP contribution in [0.5, 0.6) is 11.5 Å². The molecule has 1 aliphatic carbocycles. The molecule has 0 aromatic heterocycles. The molecule has 0 saturated carbocycles. The highest BCUT2D eigenvalue weighted by molar-refractivity contribution is 5.92. The van der Waals surface area contributed by atoms with Crippen molar-refractivity contribution < 1.29 is 4.74 Å². The summed E-state index contributed by atoms with van der Waals surface area (Å²) in [4.78, 5) is 5.06. The van der Waals surface area contributed by atoms with Crippen molar-refractivity contribution in [3.8, 4) is 56.0 Å². The lowest BCUT2D eigenvalue weighted by Crippen LogP contribution is -2.32. The highest BCUT2D eigenvalue weighted by Gasteiger charge is 2.51. The van der Waals surface area contributed by atoms with E-state index < -0.39 is 11.6 Å². The number of hydrogen-bond acceptors (Lipinski definition) is 4. The van der Waals surface area contributed by atoms with Gasteiger partial charge in [0.15, 0.2) is 0 Å². The number of hydrogen-bond donors (Lipinski definition) is 2. The maximum atomic E-state index is 7.06. The monoisotopic (exact) mass is 797 g/mol. The van der Waals surface area contributed by atoms with Crippen LogP contribution in [0.1, 0.15) is 51.3 Å². The number of nitrogens with two attached hydrogens (primary N) is 1. The molecule has 2 unspecified atom stereocenters. The van der Waals surface area contributed by atoms with E-state index in [-0.39, 0.29) is 6.17 Å². The predicted molar refractivity (Wildman–Crippen MR) is 253 cm³/mol. The van der Waals surface area contributed by atoms with Gasteiger partial charge in [-0.1, -0.05) is 194 Å². The summed E-state index contributed by atoms with van der Waals surface area (Å²) in [5, 5.41) is 3.64. The number of nitrogens with one attached hydrogen (secondary N) is 1. The molecule has 0 radical (unpaired) electrons. The second-order valence-electron chi connectivity index (χ2n) is 16.1. The van der Waals surface area contributed by atoms with Gasteiger partial charge < -0.3 is 10.5 Å². The van der Waals surface area contributed by atoms with Crippen LogP contribution in [0.15, 0.2) is 229 Å². The summed E-state index contributed by atoms with van der Waals surface area (Å²) < 4.78 is 6.66. The summed E-state index contributed by atoms with van der Waals surface area (Å²) in [5.41, 5.74) is 23.7. The fourth-order valence-electron chi connectivity index (χ4n) is 9.48. The first kappa shape index (κ1) is 37.4. The molecule has 4 nitrogen and oxygen atoms in total. The molecular formula is C58H43N3O. The lowest BCUT2D eigenvalue weighted by Gasteiger charge is -2.39. The molecule has 3 N–H and O–H groups in total. The number of rotatable bonds is 9. The summed E-state index contributed by atoms with van der Waals surface area (Å²) >= 11 is 0. The molecule has 62 heavy (non-hydrogen) atoms. The first-order valence-electron chi connectivity index (χ1n) is 21.2. The molecular weight excluding hydrogens is 755 g/mol. The summed E-state index contributed by atoms with van der Waals surface area (Å²) in [6.07, 6.45) is 1.07. The van der Waals surface area contributed by atoms with Crippen molar-refractivity contribution in [1.82, 2.24) is 5.32 Å². The largest absolute Gasteiger partial charge is 0.457 e. The van der Waals surface area contributed by atoms with Crippen molar-refractivity contribution in [2.75, 3.05) is 0 Å². The summed E-state index contributed by atoms with van der Waals surface area (Å²) in [7, 11) is 0. The molecule has 2 aliphatic rings. The fraction of sp³-hybridized carbons (Fsp3) is 0.0517. The number of ether oxygens (including phenoxy) is 1. The van der Waals surface area contributed by atoms with E-state index in [1.807, 2.05) is 30.5 Å². The molecule has 9 aromatic carbocycles. The highest BCUT2D eigenvalue weighted by atomic mass is 16.5. The Morgan fingerprint density at radius 2 is 0.871 bits per heavy atom. The van der Waals surface area contributed by atoms with E-state index in [2.05, 4.69) is 206 Å². The Labute approximate surface area is 362 Å². The van der Waals surface area contributed by atoms with E-state index >= 15 is 0 Å². The molecule has 11 rings (SSSR count). The molecule has 296 valence electrons. The van der Waals surface area contributed by atoms with E-state index in [4.69, 9.17) is 15.5 Å². The van der Waals surface area contributed by atoms with Crippen LogP contribution in [-0.2, 0) is 5.41 Å². The molecule has 2 atom stereocenters. The highest BCUT2D eigenvalue weighted by Crippen LogP contribution is 2.62. The minimum atomic E-state index is -0.602. The number of aliphatic imine (C=N–C) groups is 1. The topological polar surface area (TPSA) is 59.6 Å². The predicted octanol–water partition coefficient (Wildman–Crippen LogP) is 13.5. The van der Waals surface area contributed by atoms with E-state index in [0.29, 0.717) is 0 Å². The van der Waals surface area contributed by atoms with Gasteiger partial charge in [-0.05, 0) is 103 Å². The normalized spacial score (nSPS) is 14.0.